The number of aliphatic hydroxyl groups is 1. The van der Waals surface area contributed by atoms with Gasteiger partial charge in [-0.2, -0.15) is 0 Å². The summed E-state index contributed by atoms with van der Waals surface area (Å²) < 4.78 is 0. The van der Waals surface area contributed by atoms with E-state index >= 15 is 0 Å². The summed E-state index contributed by atoms with van der Waals surface area (Å²) in [6.07, 6.45) is 6.46. The van der Waals surface area contributed by atoms with E-state index in [9.17, 15) is 4.79 Å². The molecule has 0 heterocycles. The Morgan fingerprint density at radius 2 is 1.83 bits per heavy atom. The van der Waals surface area contributed by atoms with Crippen LogP contribution >= 0.6 is 0 Å². The summed E-state index contributed by atoms with van der Waals surface area (Å²) in [6, 6.07) is 0.218. The molecule has 0 aromatic heterocycles. The summed E-state index contributed by atoms with van der Waals surface area (Å²) in [6.45, 7) is 4.68. The van der Waals surface area contributed by atoms with Crippen molar-refractivity contribution in [2.45, 2.75) is 58.4 Å². The average Bonchev–Trinajstić information content (AvgIpc) is 3.10. The molecule has 2 aliphatic rings. The summed E-state index contributed by atoms with van der Waals surface area (Å²) in [7, 11) is 0. The Labute approximate surface area is 110 Å². The van der Waals surface area contributed by atoms with Crippen LogP contribution < -0.4 is 5.32 Å². The van der Waals surface area contributed by atoms with Crippen LogP contribution in [-0.4, -0.2) is 23.7 Å². The number of rotatable bonds is 5. The molecule has 2 N–H and O–H groups in total. The highest BCUT2D eigenvalue weighted by atomic mass is 16.3. The largest absolute Gasteiger partial charge is 0.396 e. The van der Waals surface area contributed by atoms with Crippen LogP contribution in [0.4, 0.5) is 0 Å². The molecule has 0 saturated heterocycles. The molecule has 3 nitrogen and oxygen atoms in total. The van der Waals surface area contributed by atoms with Crippen molar-refractivity contribution in [1.29, 1.82) is 0 Å². The molecule has 3 atom stereocenters. The number of aliphatic hydroxyl groups excluding tert-OH is 1. The first-order chi connectivity index (χ1) is 8.60. The molecule has 2 fully saturated rings. The second-order valence-electron chi connectivity index (χ2n) is 6.58. The van der Waals surface area contributed by atoms with Crippen molar-refractivity contribution in [2.24, 2.45) is 23.7 Å². The van der Waals surface area contributed by atoms with Gasteiger partial charge in [0.15, 0.2) is 0 Å². The highest BCUT2D eigenvalue weighted by molar-refractivity contribution is 5.79. The van der Waals surface area contributed by atoms with Crippen LogP contribution in [0.2, 0.25) is 0 Å². The van der Waals surface area contributed by atoms with Gasteiger partial charge in [-0.25, -0.2) is 0 Å². The van der Waals surface area contributed by atoms with Crippen LogP contribution in [0.3, 0.4) is 0 Å². The van der Waals surface area contributed by atoms with Crippen molar-refractivity contribution in [3.05, 3.63) is 0 Å². The summed E-state index contributed by atoms with van der Waals surface area (Å²) in [4.78, 5) is 12.3. The lowest BCUT2D eigenvalue weighted by molar-refractivity contribution is -0.128. The van der Waals surface area contributed by atoms with Gasteiger partial charge in [0.25, 0.3) is 0 Å². The fraction of sp³-hybridized carbons (Fsp3) is 0.933. The van der Waals surface area contributed by atoms with Crippen LogP contribution in [0.5, 0.6) is 0 Å². The summed E-state index contributed by atoms with van der Waals surface area (Å²) in [5, 5.41) is 12.3. The SMILES string of the molecule is CC1CC(C)CC(C(=O)NC(CCO)C2CC2)C1. The number of hydrogen-bond donors (Lipinski definition) is 2. The first-order valence-corrected chi connectivity index (χ1v) is 7.51. The third-order valence-electron chi connectivity index (χ3n) is 4.51. The van der Waals surface area contributed by atoms with E-state index in [0.717, 1.165) is 12.8 Å². The maximum atomic E-state index is 12.3. The summed E-state index contributed by atoms with van der Waals surface area (Å²) in [5.74, 6) is 2.39. The van der Waals surface area contributed by atoms with Gasteiger partial charge in [-0.3, -0.25) is 4.79 Å². The standard InChI is InChI=1S/C15H27NO2/c1-10-7-11(2)9-13(8-10)15(18)16-14(5-6-17)12-3-4-12/h10-14,17H,3-9H2,1-2H3,(H,16,18). The number of carbonyl (C=O) groups excluding carboxylic acids is 1. The zero-order valence-corrected chi connectivity index (χ0v) is 11.7. The topological polar surface area (TPSA) is 49.3 Å². The van der Waals surface area contributed by atoms with Crippen molar-refractivity contribution in [3.63, 3.8) is 0 Å². The Balaban J connectivity index is 1.85. The molecule has 2 aliphatic carbocycles. The summed E-state index contributed by atoms with van der Waals surface area (Å²) in [5.41, 5.74) is 0. The number of amides is 1. The van der Waals surface area contributed by atoms with E-state index in [1.54, 1.807) is 0 Å². The molecular weight excluding hydrogens is 226 g/mol. The molecule has 0 aromatic rings. The minimum absolute atomic E-state index is 0.179. The fourth-order valence-electron chi connectivity index (χ4n) is 3.53. The normalized spacial score (nSPS) is 34.1. The number of nitrogens with one attached hydrogen (secondary N) is 1. The molecule has 0 aromatic carbocycles. The molecule has 1 amide bonds. The quantitative estimate of drug-likeness (QED) is 0.790. The Hall–Kier alpha value is -0.570. The van der Waals surface area contributed by atoms with E-state index in [1.165, 1.54) is 19.3 Å². The Kier molecular flexibility index (Phi) is 4.66. The molecule has 3 unspecified atom stereocenters. The lowest BCUT2D eigenvalue weighted by Gasteiger charge is -2.31. The zero-order valence-electron chi connectivity index (χ0n) is 11.7. The van der Waals surface area contributed by atoms with E-state index in [-0.39, 0.29) is 24.5 Å². The Morgan fingerprint density at radius 1 is 1.22 bits per heavy atom. The molecule has 0 radical (unpaired) electrons. The van der Waals surface area contributed by atoms with Crippen molar-refractivity contribution < 1.29 is 9.90 Å². The Morgan fingerprint density at radius 3 is 2.33 bits per heavy atom. The van der Waals surface area contributed by atoms with Crippen molar-refractivity contribution in [1.82, 2.24) is 5.32 Å². The number of carbonyl (C=O) groups is 1. The van der Waals surface area contributed by atoms with Crippen LogP contribution in [0.1, 0.15) is 52.4 Å². The average molecular weight is 253 g/mol. The van der Waals surface area contributed by atoms with Crippen molar-refractivity contribution in [2.75, 3.05) is 6.61 Å². The van der Waals surface area contributed by atoms with Gasteiger partial charge in [-0.05, 0) is 56.3 Å². The third kappa shape index (κ3) is 3.71. The lowest BCUT2D eigenvalue weighted by Crippen LogP contribution is -2.42. The lowest BCUT2D eigenvalue weighted by atomic mass is 9.76. The maximum Gasteiger partial charge on any atom is 0.223 e. The van der Waals surface area contributed by atoms with Crippen LogP contribution in [0.15, 0.2) is 0 Å². The van der Waals surface area contributed by atoms with Crippen LogP contribution in [0.25, 0.3) is 0 Å². The maximum absolute atomic E-state index is 12.3. The van der Waals surface area contributed by atoms with Gasteiger partial charge in [0.2, 0.25) is 5.91 Å². The molecule has 0 aliphatic heterocycles. The van der Waals surface area contributed by atoms with Crippen LogP contribution in [-0.2, 0) is 4.79 Å². The van der Waals surface area contributed by atoms with E-state index < -0.39 is 0 Å². The molecule has 104 valence electrons. The van der Waals surface area contributed by atoms with Gasteiger partial charge >= 0.3 is 0 Å². The second kappa shape index (κ2) is 6.05. The minimum Gasteiger partial charge on any atom is -0.396 e. The van der Waals surface area contributed by atoms with Gasteiger partial charge < -0.3 is 10.4 Å². The highest BCUT2D eigenvalue weighted by Gasteiger charge is 2.35. The molecule has 2 saturated carbocycles. The molecular formula is C15H27NO2. The van der Waals surface area contributed by atoms with Gasteiger partial charge in [-0.1, -0.05) is 13.8 Å². The third-order valence-corrected chi connectivity index (χ3v) is 4.51. The van der Waals surface area contributed by atoms with E-state index in [0.29, 0.717) is 24.2 Å². The fourth-order valence-corrected chi connectivity index (χ4v) is 3.53. The predicted molar refractivity (Wildman–Crippen MR) is 72.0 cm³/mol. The zero-order chi connectivity index (χ0) is 13.1. The predicted octanol–water partition coefficient (Wildman–Crippen LogP) is 2.34. The van der Waals surface area contributed by atoms with E-state index in [4.69, 9.17) is 5.11 Å². The van der Waals surface area contributed by atoms with Gasteiger partial charge in [0.05, 0.1) is 0 Å². The molecule has 0 bridgehead atoms. The first-order valence-electron chi connectivity index (χ1n) is 7.51. The minimum atomic E-state index is 0.179. The Bertz CT molecular complexity index is 278. The highest BCUT2D eigenvalue weighted by Crippen LogP contribution is 2.36. The first kappa shape index (κ1) is 13.9. The van der Waals surface area contributed by atoms with Gasteiger partial charge in [-0.15, -0.1) is 0 Å². The second-order valence-corrected chi connectivity index (χ2v) is 6.58. The van der Waals surface area contributed by atoms with Gasteiger partial charge in [0.1, 0.15) is 0 Å². The van der Waals surface area contributed by atoms with Gasteiger partial charge in [0, 0.05) is 18.6 Å². The monoisotopic (exact) mass is 253 g/mol. The number of hydrogen-bond acceptors (Lipinski definition) is 2. The van der Waals surface area contributed by atoms with Crippen LogP contribution in [0, 0.1) is 23.7 Å². The van der Waals surface area contributed by atoms with Crippen molar-refractivity contribution in [3.8, 4) is 0 Å². The van der Waals surface area contributed by atoms with E-state index in [2.05, 4.69) is 19.2 Å². The van der Waals surface area contributed by atoms with Crippen molar-refractivity contribution >= 4 is 5.91 Å². The molecule has 18 heavy (non-hydrogen) atoms. The molecule has 0 spiro atoms. The molecule has 2 rings (SSSR count). The summed E-state index contributed by atoms with van der Waals surface area (Å²) >= 11 is 0. The smallest absolute Gasteiger partial charge is 0.223 e. The molecule has 3 heteroatoms. The van der Waals surface area contributed by atoms with E-state index in [1.807, 2.05) is 0 Å².